The summed E-state index contributed by atoms with van der Waals surface area (Å²) >= 11 is 0. The zero-order chi connectivity index (χ0) is 13.2. The van der Waals surface area contributed by atoms with Gasteiger partial charge in [-0.3, -0.25) is 0 Å². The van der Waals surface area contributed by atoms with Crippen LogP contribution in [0.1, 0.15) is 49.7 Å². The molecule has 6 nitrogen and oxygen atoms in total. The van der Waals surface area contributed by atoms with Crippen molar-refractivity contribution in [3.05, 3.63) is 11.7 Å². The molecule has 2 aliphatic rings. The predicted octanol–water partition coefficient (Wildman–Crippen LogP) is 1.82. The first-order valence-corrected chi connectivity index (χ1v) is 7.08. The molecule has 1 aromatic rings. The van der Waals surface area contributed by atoms with E-state index >= 15 is 0 Å². The van der Waals surface area contributed by atoms with Crippen molar-refractivity contribution in [1.82, 2.24) is 20.4 Å². The SMILES string of the molecule is Cc1noc(C2CN(C(=O)NC3CCCCC3)C2)n1. The Labute approximate surface area is 112 Å². The number of carbonyl (C=O) groups is 1. The summed E-state index contributed by atoms with van der Waals surface area (Å²) < 4.78 is 5.13. The van der Waals surface area contributed by atoms with Crippen molar-refractivity contribution in [3.8, 4) is 0 Å². The number of nitrogens with one attached hydrogen (secondary N) is 1. The van der Waals surface area contributed by atoms with E-state index in [1.807, 2.05) is 4.90 Å². The van der Waals surface area contributed by atoms with E-state index in [1.54, 1.807) is 6.92 Å². The number of likely N-dealkylation sites (tertiary alicyclic amines) is 1. The van der Waals surface area contributed by atoms with Gasteiger partial charge in [-0.05, 0) is 19.8 Å². The van der Waals surface area contributed by atoms with E-state index < -0.39 is 0 Å². The van der Waals surface area contributed by atoms with Crippen LogP contribution >= 0.6 is 0 Å². The second-order valence-corrected chi connectivity index (χ2v) is 5.57. The summed E-state index contributed by atoms with van der Waals surface area (Å²) in [5.74, 6) is 1.51. The fourth-order valence-electron chi connectivity index (χ4n) is 2.79. The van der Waals surface area contributed by atoms with Crippen molar-refractivity contribution in [2.24, 2.45) is 0 Å². The number of carbonyl (C=O) groups excluding carboxylic acids is 1. The molecule has 6 heteroatoms. The third-order valence-electron chi connectivity index (χ3n) is 3.99. The van der Waals surface area contributed by atoms with Gasteiger partial charge in [0.05, 0.1) is 5.92 Å². The van der Waals surface area contributed by atoms with Crippen molar-refractivity contribution in [2.45, 2.75) is 51.0 Å². The molecular formula is C13H20N4O2. The van der Waals surface area contributed by atoms with E-state index in [1.165, 1.54) is 19.3 Å². The molecule has 0 aromatic carbocycles. The second kappa shape index (κ2) is 5.19. The summed E-state index contributed by atoms with van der Waals surface area (Å²) in [5.41, 5.74) is 0. The van der Waals surface area contributed by atoms with E-state index in [2.05, 4.69) is 15.5 Å². The van der Waals surface area contributed by atoms with Crippen LogP contribution in [0.25, 0.3) is 0 Å². The summed E-state index contributed by atoms with van der Waals surface area (Å²) in [6.07, 6.45) is 6.00. The smallest absolute Gasteiger partial charge is 0.317 e. The van der Waals surface area contributed by atoms with Gasteiger partial charge in [-0.15, -0.1) is 0 Å². The molecule has 104 valence electrons. The lowest BCUT2D eigenvalue weighted by molar-refractivity contribution is 0.132. The quantitative estimate of drug-likeness (QED) is 0.884. The number of amides is 2. The predicted molar refractivity (Wildman–Crippen MR) is 68.8 cm³/mol. The van der Waals surface area contributed by atoms with Gasteiger partial charge in [0.2, 0.25) is 5.89 Å². The van der Waals surface area contributed by atoms with Gasteiger partial charge in [-0.25, -0.2) is 4.79 Å². The first-order chi connectivity index (χ1) is 9.22. The Kier molecular flexibility index (Phi) is 3.40. The zero-order valence-corrected chi connectivity index (χ0v) is 11.3. The molecule has 0 radical (unpaired) electrons. The Balaban J connectivity index is 1.46. The maximum absolute atomic E-state index is 12.0. The highest BCUT2D eigenvalue weighted by atomic mass is 16.5. The molecule has 1 N–H and O–H groups in total. The van der Waals surface area contributed by atoms with E-state index in [9.17, 15) is 4.79 Å². The highest BCUT2D eigenvalue weighted by molar-refractivity contribution is 5.75. The Bertz CT molecular complexity index is 447. The molecule has 0 bridgehead atoms. The van der Waals surface area contributed by atoms with Crippen LogP contribution in [0.4, 0.5) is 4.79 Å². The molecule has 2 amide bonds. The second-order valence-electron chi connectivity index (χ2n) is 5.57. The molecule has 2 heterocycles. The van der Waals surface area contributed by atoms with Gasteiger partial charge >= 0.3 is 6.03 Å². The number of urea groups is 1. The van der Waals surface area contributed by atoms with Gasteiger partial charge in [0.1, 0.15) is 0 Å². The van der Waals surface area contributed by atoms with Gasteiger partial charge in [0.15, 0.2) is 5.82 Å². The fraction of sp³-hybridized carbons (Fsp3) is 0.769. The molecule has 1 saturated heterocycles. The Hall–Kier alpha value is -1.59. The van der Waals surface area contributed by atoms with E-state index in [4.69, 9.17) is 4.52 Å². The highest BCUT2D eigenvalue weighted by Crippen LogP contribution is 2.26. The Morgan fingerprint density at radius 2 is 2.05 bits per heavy atom. The van der Waals surface area contributed by atoms with Gasteiger partial charge in [-0.1, -0.05) is 24.4 Å². The monoisotopic (exact) mass is 264 g/mol. The first kappa shape index (κ1) is 12.4. The lowest BCUT2D eigenvalue weighted by Gasteiger charge is -2.38. The standard InChI is InChI=1S/C13H20N4O2/c1-9-14-12(19-16-9)10-7-17(8-10)13(18)15-11-5-3-2-4-6-11/h10-11H,2-8H2,1H3,(H,15,18). The van der Waals surface area contributed by atoms with Crippen LogP contribution < -0.4 is 5.32 Å². The molecule has 1 aromatic heterocycles. The van der Waals surface area contributed by atoms with Crippen LogP contribution in [0.3, 0.4) is 0 Å². The Morgan fingerprint density at radius 3 is 2.68 bits per heavy atom. The third kappa shape index (κ3) is 2.72. The maximum Gasteiger partial charge on any atom is 0.317 e. The third-order valence-corrected chi connectivity index (χ3v) is 3.99. The molecule has 1 aliphatic carbocycles. The summed E-state index contributed by atoms with van der Waals surface area (Å²) in [7, 11) is 0. The lowest BCUT2D eigenvalue weighted by atomic mass is 9.95. The number of aryl methyl sites for hydroxylation is 1. The molecule has 3 rings (SSSR count). The fourth-order valence-corrected chi connectivity index (χ4v) is 2.79. The van der Waals surface area contributed by atoms with Gasteiger partial charge < -0.3 is 14.7 Å². The summed E-state index contributed by atoms with van der Waals surface area (Å²) in [5, 5.41) is 6.90. The molecule has 1 aliphatic heterocycles. The average molecular weight is 264 g/mol. The number of nitrogens with zero attached hydrogens (tertiary/aromatic N) is 3. The average Bonchev–Trinajstić information content (AvgIpc) is 2.75. The topological polar surface area (TPSA) is 71.3 Å². The largest absolute Gasteiger partial charge is 0.339 e. The summed E-state index contributed by atoms with van der Waals surface area (Å²) in [6.45, 7) is 3.17. The van der Waals surface area contributed by atoms with Gasteiger partial charge in [0, 0.05) is 19.1 Å². The maximum atomic E-state index is 12.0. The normalized spacial score (nSPS) is 21.2. The molecule has 1 saturated carbocycles. The van der Waals surface area contributed by atoms with Crippen molar-refractivity contribution in [2.75, 3.05) is 13.1 Å². The van der Waals surface area contributed by atoms with Crippen LogP contribution in [-0.4, -0.2) is 40.2 Å². The summed E-state index contributed by atoms with van der Waals surface area (Å²) in [6, 6.07) is 0.422. The van der Waals surface area contributed by atoms with Crippen LogP contribution in [0.15, 0.2) is 4.52 Å². The minimum atomic E-state index is 0.0550. The van der Waals surface area contributed by atoms with Gasteiger partial charge in [-0.2, -0.15) is 4.98 Å². The zero-order valence-electron chi connectivity index (χ0n) is 11.3. The van der Waals surface area contributed by atoms with E-state index in [0.717, 1.165) is 12.8 Å². The van der Waals surface area contributed by atoms with Crippen molar-refractivity contribution in [1.29, 1.82) is 0 Å². The van der Waals surface area contributed by atoms with E-state index in [0.29, 0.717) is 30.8 Å². The molecule has 0 spiro atoms. The molecule has 0 unspecified atom stereocenters. The number of hydrogen-bond donors (Lipinski definition) is 1. The molecule has 19 heavy (non-hydrogen) atoms. The van der Waals surface area contributed by atoms with Crippen molar-refractivity contribution >= 4 is 6.03 Å². The minimum absolute atomic E-state index is 0.0550. The highest BCUT2D eigenvalue weighted by Gasteiger charge is 2.36. The number of aromatic nitrogens is 2. The number of hydrogen-bond acceptors (Lipinski definition) is 4. The van der Waals surface area contributed by atoms with Crippen LogP contribution in [0.5, 0.6) is 0 Å². The molecular weight excluding hydrogens is 244 g/mol. The van der Waals surface area contributed by atoms with Crippen LogP contribution in [-0.2, 0) is 0 Å². The van der Waals surface area contributed by atoms with E-state index in [-0.39, 0.29) is 11.9 Å². The molecule has 0 atom stereocenters. The van der Waals surface area contributed by atoms with Crippen LogP contribution in [0, 0.1) is 6.92 Å². The first-order valence-electron chi connectivity index (χ1n) is 7.08. The Morgan fingerprint density at radius 1 is 1.32 bits per heavy atom. The summed E-state index contributed by atoms with van der Waals surface area (Å²) in [4.78, 5) is 18.0. The van der Waals surface area contributed by atoms with Crippen molar-refractivity contribution < 1.29 is 9.32 Å². The number of rotatable bonds is 2. The minimum Gasteiger partial charge on any atom is -0.339 e. The van der Waals surface area contributed by atoms with Crippen molar-refractivity contribution in [3.63, 3.8) is 0 Å². The molecule has 2 fully saturated rings. The van der Waals surface area contributed by atoms with Gasteiger partial charge in [0.25, 0.3) is 0 Å². The lowest BCUT2D eigenvalue weighted by Crippen LogP contribution is -2.54. The van der Waals surface area contributed by atoms with Crippen LogP contribution in [0.2, 0.25) is 0 Å².